The molecule has 0 fully saturated rings. The molecule has 0 N–H and O–H groups in total. The molecule has 52 valence electrons. The Bertz CT molecular complexity index is 115. The molecule has 9 heavy (non-hydrogen) atoms. The van der Waals surface area contributed by atoms with Gasteiger partial charge in [0.05, 0.1) is 13.5 Å². The third kappa shape index (κ3) is 1.23. The molecule has 0 atom stereocenters. The van der Waals surface area contributed by atoms with Gasteiger partial charge in [-0.25, -0.2) is 4.58 Å². The summed E-state index contributed by atoms with van der Waals surface area (Å²) >= 11 is 0. The SMILES string of the molecule is CC[N+]1=C(OC)CCC1. The summed E-state index contributed by atoms with van der Waals surface area (Å²) < 4.78 is 7.44. The Morgan fingerprint density at radius 2 is 2.44 bits per heavy atom. The number of hydrogen-bond donors (Lipinski definition) is 0. The van der Waals surface area contributed by atoms with Gasteiger partial charge in [-0.1, -0.05) is 0 Å². The molecule has 0 amide bonds. The van der Waals surface area contributed by atoms with Crippen molar-refractivity contribution in [2.45, 2.75) is 19.8 Å². The zero-order valence-corrected chi connectivity index (χ0v) is 6.18. The number of ether oxygens (including phenoxy) is 1. The molecular weight excluding hydrogens is 114 g/mol. The molecule has 1 aliphatic rings. The van der Waals surface area contributed by atoms with E-state index in [1.54, 1.807) is 7.11 Å². The average molecular weight is 128 g/mol. The summed E-state index contributed by atoms with van der Waals surface area (Å²) in [6.45, 7) is 4.42. The van der Waals surface area contributed by atoms with Crippen LogP contribution in [0.15, 0.2) is 0 Å². The van der Waals surface area contributed by atoms with Crippen molar-refractivity contribution in [3.8, 4) is 0 Å². The van der Waals surface area contributed by atoms with Gasteiger partial charge in [-0.15, -0.1) is 0 Å². The van der Waals surface area contributed by atoms with E-state index in [0.717, 1.165) is 18.9 Å². The van der Waals surface area contributed by atoms with Crippen molar-refractivity contribution in [1.82, 2.24) is 0 Å². The maximum absolute atomic E-state index is 5.16. The van der Waals surface area contributed by atoms with Crippen LogP contribution in [-0.4, -0.2) is 30.7 Å². The van der Waals surface area contributed by atoms with E-state index in [2.05, 4.69) is 11.5 Å². The van der Waals surface area contributed by atoms with Crippen LogP contribution < -0.4 is 0 Å². The predicted molar refractivity (Wildman–Crippen MR) is 36.9 cm³/mol. The lowest BCUT2D eigenvalue weighted by molar-refractivity contribution is -0.523. The van der Waals surface area contributed by atoms with Crippen LogP contribution in [0.4, 0.5) is 0 Å². The van der Waals surface area contributed by atoms with Gasteiger partial charge in [0, 0.05) is 6.42 Å². The van der Waals surface area contributed by atoms with Crippen LogP contribution in [0.5, 0.6) is 0 Å². The van der Waals surface area contributed by atoms with Gasteiger partial charge in [0.1, 0.15) is 13.1 Å². The van der Waals surface area contributed by atoms with Crippen molar-refractivity contribution in [3.05, 3.63) is 0 Å². The largest absolute Gasteiger partial charge is 0.451 e. The highest BCUT2D eigenvalue weighted by Crippen LogP contribution is 2.03. The highest BCUT2D eigenvalue weighted by molar-refractivity contribution is 5.71. The van der Waals surface area contributed by atoms with E-state index in [1.165, 1.54) is 13.0 Å². The van der Waals surface area contributed by atoms with E-state index in [9.17, 15) is 0 Å². The van der Waals surface area contributed by atoms with Gasteiger partial charge in [-0.05, 0) is 6.92 Å². The second kappa shape index (κ2) is 2.85. The second-order valence-electron chi connectivity index (χ2n) is 2.28. The maximum Gasteiger partial charge on any atom is 0.336 e. The first kappa shape index (κ1) is 6.59. The monoisotopic (exact) mass is 128 g/mol. The van der Waals surface area contributed by atoms with Gasteiger partial charge < -0.3 is 4.74 Å². The Morgan fingerprint density at radius 3 is 2.89 bits per heavy atom. The van der Waals surface area contributed by atoms with E-state index in [1.807, 2.05) is 0 Å². The lowest BCUT2D eigenvalue weighted by Crippen LogP contribution is -2.15. The molecule has 0 saturated carbocycles. The third-order valence-corrected chi connectivity index (χ3v) is 1.79. The van der Waals surface area contributed by atoms with Crippen molar-refractivity contribution in [1.29, 1.82) is 0 Å². The summed E-state index contributed by atoms with van der Waals surface area (Å²) in [4.78, 5) is 0. The fraction of sp³-hybridized carbons (Fsp3) is 0.857. The van der Waals surface area contributed by atoms with Crippen molar-refractivity contribution in [3.63, 3.8) is 0 Å². The van der Waals surface area contributed by atoms with Crippen LogP contribution in [0.2, 0.25) is 0 Å². The zero-order chi connectivity index (χ0) is 6.69. The van der Waals surface area contributed by atoms with E-state index >= 15 is 0 Å². The highest BCUT2D eigenvalue weighted by Gasteiger charge is 2.20. The Balaban J connectivity index is 2.59. The first-order valence-corrected chi connectivity index (χ1v) is 3.53. The molecular formula is C7H14NO+. The lowest BCUT2D eigenvalue weighted by atomic mass is 10.4. The molecule has 2 heteroatoms. The first-order valence-electron chi connectivity index (χ1n) is 3.53. The number of nitrogens with zero attached hydrogens (tertiary/aromatic N) is 1. The zero-order valence-electron chi connectivity index (χ0n) is 6.18. The van der Waals surface area contributed by atoms with Gasteiger partial charge in [0.15, 0.2) is 0 Å². The molecule has 0 saturated heterocycles. The fourth-order valence-corrected chi connectivity index (χ4v) is 1.27. The van der Waals surface area contributed by atoms with Crippen molar-refractivity contribution in [2.75, 3.05) is 20.2 Å². The van der Waals surface area contributed by atoms with Crippen LogP contribution >= 0.6 is 0 Å². The summed E-state index contributed by atoms with van der Waals surface area (Å²) in [6, 6.07) is 0. The lowest BCUT2D eigenvalue weighted by Gasteiger charge is -1.95. The maximum atomic E-state index is 5.16. The van der Waals surface area contributed by atoms with Crippen LogP contribution in [0.3, 0.4) is 0 Å². The molecule has 1 heterocycles. The molecule has 0 unspecified atom stereocenters. The minimum Gasteiger partial charge on any atom is -0.451 e. The Hall–Kier alpha value is -0.530. The minimum absolute atomic E-state index is 1.09. The molecule has 1 aliphatic heterocycles. The minimum atomic E-state index is 1.09. The first-order chi connectivity index (χ1) is 4.38. The van der Waals surface area contributed by atoms with Crippen molar-refractivity contribution in [2.24, 2.45) is 0 Å². The molecule has 0 aromatic carbocycles. The number of methoxy groups -OCH3 is 1. The third-order valence-electron chi connectivity index (χ3n) is 1.79. The van der Waals surface area contributed by atoms with Gasteiger partial charge >= 0.3 is 5.90 Å². The highest BCUT2D eigenvalue weighted by atomic mass is 16.5. The molecule has 1 rings (SSSR count). The number of rotatable bonds is 1. The van der Waals surface area contributed by atoms with Crippen molar-refractivity contribution < 1.29 is 9.31 Å². The molecule has 0 spiro atoms. The van der Waals surface area contributed by atoms with Gasteiger partial charge in [0.2, 0.25) is 0 Å². The van der Waals surface area contributed by atoms with Crippen LogP contribution in [0.1, 0.15) is 19.8 Å². The van der Waals surface area contributed by atoms with E-state index in [4.69, 9.17) is 4.74 Å². The normalized spacial score (nSPS) is 18.9. The van der Waals surface area contributed by atoms with Gasteiger partial charge in [-0.3, -0.25) is 0 Å². The van der Waals surface area contributed by atoms with Crippen LogP contribution in [0, 0.1) is 0 Å². The topological polar surface area (TPSA) is 12.2 Å². The molecule has 0 bridgehead atoms. The van der Waals surface area contributed by atoms with Gasteiger partial charge in [-0.2, -0.15) is 0 Å². The second-order valence-corrected chi connectivity index (χ2v) is 2.28. The molecule has 0 radical (unpaired) electrons. The Labute approximate surface area is 56.1 Å². The van der Waals surface area contributed by atoms with Crippen LogP contribution in [-0.2, 0) is 4.74 Å². The van der Waals surface area contributed by atoms with E-state index < -0.39 is 0 Å². The smallest absolute Gasteiger partial charge is 0.336 e. The summed E-state index contributed by atoms with van der Waals surface area (Å²) in [5.41, 5.74) is 0. The Morgan fingerprint density at radius 1 is 1.67 bits per heavy atom. The van der Waals surface area contributed by atoms with Crippen molar-refractivity contribution >= 4 is 5.90 Å². The van der Waals surface area contributed by atoms with E-state index in [0.29, 0.717) is 0 Å². The van der Waals surface area contributed by atoms with Gasteiger partial charge in [0.25, 0.3) is 0 Å². The predicted octanol–water partition coefficient (Wildman–Crippen LogP) is 0.857. The molecule has 0 aromatic rings. The molecule has 0 aliphatic carbocycles. The molecule has 2 nitrogen and oxygen atoms in total. The Kier molecular flexibility index (Phi) is 2.09. The average Bonchev–Trinajstić information content (AvgIpc) is 2.33. The quantitative estimate of drug-likeness (QED) is 0.477. The van der Waals surface area contributed by atoms with E-state index in [-0.39, 0.29) is 0 Å². The fourth-order valence-electron chi connectivity index (χ4n) is 1.27. The standard InChI is InChI=1S/C7H14NO/c1-3-8-6-4-5-7(8)9-2/h3-6H2,1-2H3/q+1. The summed E-state index contributed by atoms with van der Waals surface area (Å²) in [7, 11) is 1.75. The number of hydrogen-bond acceptors (Lipinski definition) is 1. The molecule has 0 aromatic heterocycles. The van der Waals surface area contributed by atoms with Crippen LogP contribution in [0.25, 0.3) is 0 Å². The summed E-state index contributed by atoms with van der Waals surface area (Å²) in [5.74, 6) is 1.16. The summed E-state index contributed by atoms with van der Waals surface area (Å²) in [6.07, 6.45) is 2.39. The summed E-state index contributed by atoms with van der Waals surface area (Å²) in [5, 5.41) is 0.